The Kier molecular flexibility index (Phi) is 8.62. The molecule has 0 unspecified atom stereocenters. The number of carbonyl (C=O) groups excluding carboxylic acids is 1. The van der Waals surface area contributed by atoms with E-state index in [1.54, 1.807) is 43.3 Å². The van der Waals surface area contributed by atoms with Crippen LogP contribution in [0.15, 0.2) is 71.4 Å². The molecule has 1 aromatic rings. The van der Waals surface area contributed by atoms with Crippen molar-refractivity contribution in [3.8, 4) is 0 Å². The molecule has 0 spiro atoms. The van der Waals surface area contributed by atoms with Crippen molar-refractivity contribution >= 4 is 24.3 Å². The van der Waals surface area contributed by atoms with Gasteiger partial charge in [-0.15, -0.1) is 0 Å². The molecule has 2 aliphatic rings. The van der Waals surface area contributed by atoms with Crippen molar-refractivity contribution in [2.45, 2.75) is 89.3 Å². The Morgan fingerprint density at radius 3 is 2.29 bits per heavy atom. The lowest BCUT2D eigenvalue weighted by Crippen LogP contribution is -2.51. The third-order valence-corrected chi connectivity index (χ3v) is 15.0. The van der Waals surface area contributed by atoms with Gasteiger partial charge in [-0.05, 0) is 61.2 Å². The van der Waals surface area contributed by atoms with Crippen LogP contribution in [0.4, 0.5) is 4.79 Å². The second-order valence-electron chi connectivity index (χ2n) is 12.8. The van der Waals surface area contributed by atoms with Crippen LogP contribution in [0.2, 0.25) is 18.1 Å². The van der Waals surface area contributed by atoms with Crippen molar-refractivity contribution in [3.63, 3.8) is 0 Å². The van der Waals surface area contributed by atoms with E-state index in [4.69, 9.17) is 13.9 Å². The van der Waals surface area contributed by atoms with Gasteiger partial charge in [-0.2, -0.15) is 0 Å². The largest absolute Gasteiger partial charge is 0.513 e. The van der Waals surface area contributed by atoms with Crippen molar-refractivity contribution in [1.82, 2.24) is 0 Å². The molecule has 0 heterocycles. The Labute approximate surface area is 230 Å². The summed E-state index contributed by atoms with van der Waals surface area (Å²) >= 11 is 0. The lowest BCUT2D eigenvalue weighted by Gasteiger charge is -2.48. The minimum atomic E-state index is -3.77. The summed E-state index contributed by atoms with van der Waals surface area (Å²) in [7, 11) is -5.93. The Balaban J connectivity index is 2.16. The topological polar surface area (TPSA) is 78.9 Å². The average Bonchev–Trinajstić information content (AvgIpc) is 2.81. The number of ether oxygens (including phenoxy) is 2. The van der Waals surface area contributed by atoms with Gasteiger partial charge in [0.1, 0.15) is 5.76 Å². The van der Waals surface area contributed by atoms with Gasteiger partial charge in [-0.25, -0.2) is 13.2 Å². The molecule has 2 aliphatic carbocycles. The molecule has 0 saturated heterocycles. The van der Waals surface area contributed by atoms with E-state index in [-0.39, 0.29) is 22.6 Å². The molecular formula is C30H44O6SSi. The summed E-state index contributed by atoms with van der Waals surface area (Å²) in [5.74, 6) is -0.188. The van der Waals surface area contributed by atoms with Crippen LogP contribution in [0.3, 0.4) is 0 Å². The number of sulfone groups is 1. The van der Waals surface area contributed by atoms with Crippen LogP contribution < -0.4 is 0 Å². The average molecular weight is 561 g/mol. The molecule has 0 bridgehead atoms. The summed E-state index contributed by atoms with van der Waals surface area (Å²) < 4.78 is 45.8. The van der Waals surface area contributed by atoms with E-state index in [1.807, 2.05) is 19.1 Å². The molecule has 1 aromatic carbocycles. The lowest BCUT2D eigenvalue weighted by atomic mass is 9.66. The van der Waals surface area contributed by atoms with Gasteiger partial charge in [-0.3, -0.25) is 0 Å². The first-order valence-electron chi connectivity index (χ1n) is 13.3. The molecule has 0 N–H and O–H groups in total. The lowest BCUT2D eigenvalue weighted by molar-refractivity contribution is 0.0758. The molecule has 0 aliphatic heterocycles. The first-order valence-corrected chi connectivity index (χ1v) is 17.8. The zero-order valence-electron chi connectivity index (χ0n) is 24.3. The predicted molar refractivity (Wildman–Crippen MR) is 154 cm³/mol. The van der Waals surface area contributed by atoms with Crippen LogP contribution in [0.5, 0.6) is 0 Å². The summed E-state index contributed by atoms with van der Waals surface area (Å²) in [5, 5.41) is -0.778. The molecule has 4 atom stereocenters. The maximum Gasteiger partial charge on any atom is 0.513 e. The summed E-state index contributed by atoms with van der Waals surface area (Å²) in [5.41, 5.74) is -1.13. The smallest absolute Gasteiger partial charge is 0.434 e. The van der Waals surface area contributed by atoms with Crippen LogP contribution in [0.1, 0.15) is 54.9 Å². The monoisotopic (exact) mass is 560 g/mol. The first-order chi connectivity index (χ1) is 17.4. The molecule has 0 radical (unpaired) electrons. The Hall–Kier alpha value is -2.16. The van der Waals surface area contributed by atoms with Gasteiger partial charge in [0.15, 0.2) is 18.2 Å². The van der Waals surface area contributed by atoms with Gasteiger partial charge in [0.05, 0.1) is 22.9 Å². The number of allylic oxidation sites excluding steroid dienone is 4. The normalized spacial score (nSPS) is 28.3. The van der Waals surface area contributed by atoms with Gasteiger partial charge < -0.3 is 13.9 Å². The fraction of sp³-hybridized carbons (Fsp3) is 0.567. The van der Waals surface area contributed by atoms with E-state index in [9.17, 15) is 13.2 Å². The van der Waals surface area contributed by atoms with Gasteiger partial charge in [0.2, 0.25) is 0 Å². The highest BCUT2D eigenvalue weighted by atomic mass is 32.2. The zero-order chi connectivity index (χ0) is 28.6. The van der Waals surface area contributed by atoms with E-state index in [2.05, 4.69) is 59.9 Å². The first kappa shape index (κ1) is 30.4. The van der Waals surface area contributed by atoms with Crippen molar-refractivity contribution in [2.75, 3.05) is 6.61 Å². The molecule has 210 valence electrons. The number of hydrogen-bond donors (Lipinski definition) is 0. The molecule has 0 fully saturated rings. The van der Waals surface area contributed by atoms with E-state index >= 15 is 0 Å². The second kappa shape index (κ2) is 10.8. The molecular weight excluding hydrogens is 516 g/mol. The van der Waals surface area contributed by atoms with Crippen LogP contribution in [0.25, 0.3) is 0 Å². The fourth-order valence-corrected chi connectivity index (χ4v) is 8.55. The minimum absolute atomic E-state index is 0.00799. The van der Waals surface area contributed by atoms with Crippen LogP contribution >= 0.6 is 0 Å². The van der Waals surface area contributed by atoms with Gasteiger partial charge in [0, 0.05) is 11.3 Å². The van der Waals surface area contributed by atoms with Crippen LogP contribution in [0, 0.1) is 16.7 Å². The summed E-state index contributed by atoms with van der Waals surface area (Å²) in [6.07, 6.45) is 8.93. The van der Waals surface area contributed by atoms with Crippen molar-refractivity contribution in [1.29, 1.82) is 0 Å². The number of benzene rings is 1. The number of fused-ring (bicyclic) bond motifs is 1. The van der Waals surface area contributed by atoms with Crippen LogP contribution in [-0.4, -0.2) is 40.9 Å². The van der Waals surface area contributed by atoms with Gasteiger partial charge in [-0.1, -0.05) is 78.0 Å². The molecule has 6 nitrogen and oxygen atoms in total. The highest BCUT2D eigenvalue weighted by molar-refractivity contribution is 7.92. The summed E-state index contributed by atoms with van der Waals surface area (Å²) in [4.78, 5) is 12.4. The molecule has 0 amide bonds. The van der Waals surface area contributed by atoms with E-state index in [0.717, 1.165) is 0 Å². The van der Waals surface area contributed by atoms with Crippen molar-refractivity contribution in [2.24, 2.45) is 16.7 Å². The molecule has 0 saturated carbocycles. The number of rotatable bonds is 6. The van der Waals surface area contributed by atoms with Crippen molar-refractivity contribution in [3.05, 3.63) is 66.5 Å². The number of hydrogen-bond acceptors (Lipinski definition) is 6. The maximum absolute atomic E-state index is 14.3. The SMILES string of the molecule is CCOC(=O)OC1=C[C@@H]2[C@H](S(=O)(=O)c3ccccc3)CC(C)(C)[C@@H](O[Si](C)(C)C(C)(C)C)/C=C\[C@]2(C)C=C1. The zero-order valence-corrected chi connectivity index (χ0v) is 26.1. The molecule has 0 aromatic heterocycles. The fourth-order valence-electron chi connectivity index (χ4n) is 4.87. The highest BCUT2D eigenvalue weighted by Crippen LogP contribution is 2.50. The second-order valence-corrected chi connectivity index (χ2v) is 19.7. The van der Waals surface area contributed by atoms with Gasteiger partial charge >= 0.3 is 6.16 Å². The standard InChI is InChI=1S/C30H44O6SSi/c1-10-34-27(31)35-22-16-18-30(7)19-17-26(36-38(8,9)28(2,3)4)29(5,6)21-25(24(30)20-22)37(32,33)23-14-12-11-13-15-23/h11-20,24-26H,10,21H2,1-9H3/b19-17-/t24-,25-,26+,30+/m1/s1. The van der Waals surface area contributed by atoms with E-state index in [1.165, 1.54) is 0 Å². The van der Waals surface area contributed by atoms with E-state index < -0.39 is 46.3 Å². The number of carbonyl (C=O) groups is 1. The van der Waals surface area contributed by atoms with E-state index in [0.29, 0.717) is 12.2 Å². The summed E-state index contributed by atoms with van der Waals surface area (Å²) in [6, 6.07) is 8.60. The molecule has 8 heteroatoms. The van der Waals surface area contributed by atoms with Gasteiger partial charge in [0.25, 0.3) is 0 Å². The quantitative estimate of drug-likeness (QED) is 0.204. The molecule has 3 rings (SSSR count). The predicted octanol–water partition coefficient (Wildman–Crippen LogP) is 7.45. The Morgan fingerprint density at radius 1 is 1.08 bits per heavy atom. The molecule has 38 heavy (non-hydrogen) atoms. The third-order valence-electron chi connectivity index (χ3n) is 8.36. The van der Waals surface area contributed by atoms with Crippen molar-refractivity contribution < 1.29 is 27.1 Å². The Morgan fingerprint density at radius 2 is 1.71 bits per heavy atom. The maximum atomic E-state index is 14.3. The Bertz CT molecular complexity index is 1210. The minimum Gasteiger partial charge on any atom is -0.434 e. The van der Waals surface area contributed by atoms with Crippen LogP contribution in [-0.2, 0) is 23.7 Å². The summed E-state index contributed by atoms with van der Waals surface area (Å²) in [6.45, 7) is 19.2. The highest BCUT2D eigenvalue weighted by Gasteiger charge is 2.50. The third kappa shape index (κ3) is 6.34.